The molecule has 1 fully saturated rings. The van der Waals surface area contributed by atoms with Gasteiger partial charge in [0.25, 0.3) is 0 Å². The monoisotopic (exact) mass is 389 g/mol. The van der Waals surface area contributed by atoms with E-state index < -0.39 is 5.41 Å². The fourth-order valence-corrected chi connectivity index (χ4v) is 3.88. The maximum absolute atomic E-state index is 13.7. The highest BCUT2D eigenvalue weighted by molar-refractivity contribution is 6.02. The summed E-state index contributed by atoms with van der Waals surface area (Å²) in [5, 5.41) is 3.06. The van der Waals surface area contributed by atoms with Crippen molar-refractivity contribution in [3.63, 3.8) is 0 Å². The largest absolute Gasteiger partial charge is 0.454 e. The van der Waals surface area contributed by atoms with Gasteiger partial charge in [-0.1, -0.05) is 24.3 Å². The summed E-state index contributed by atoms with van der Waals surface area (Å²) >= 11 is 0. The van der Waals surface area contributed by atoms with Gasteiger partial charge in [0.05, 0.1) is 5.41 Å². The predicted octanol–water partition coefficient (Wildman–Crippen LogP) is 5.20. The lowest BCUT2D eigenvalue weighted by molar-refractivity contribution is -0.118. The van der Waals surface area contributed by atoms with Crippen LogP contribution in [0.2, 0.25) is 0 Å². The molecule has 1 aliphatic heterocycles. The van der Waals surface area contributed by atoms with E-state index in [9.17, 15) is 9.18 Å². The van der Waals surface area contributed by atoms with Crippen LogP contribution in [0.1, 0.15) is 24.0 Å². The molecular weight excluding hydrogens is 369 g/mol. The quantitative estimate of drug-likeness (QED) is 0.667. The van der Waals surface area contributed by atoms with Crippen molar-refractivity contribution in [1.82, 2.24) is 0 Å². The lowest BCUT2D eigenvalue weighted by atomic mass is 9.94. The Bertz CT molecular complexity index is 1120. The minimum Gasteiger partial charge on any atom is -0.454 e. The van der Waals surface area contributed by atoms with Crippen molar-refractivity contribution < 1.29 is 18.7 Å². The second kappa shape index (κ2) is 6.62. The van der Waals surface area contributed by atoms with Gasteiger partial charge in [0.2, 0.25) is 12.7 Å². The molecule has 1 amide bonds. The van der Waals surface area contributed by atoms with E-state index in [0.717, 1.165) is 35.1 Å². The molecule has 0 aromatic heterocycles. The van der Waals surface area contributed by atoms with Crippen LogP contribution in [0.4, 0.5) is 10.1 Å². The first-order valence-electron chi connectivity index (χ1n) is 9.63. The predicted molar refractivity (Wildman–Crippen MR) is 109 cm³/mol. The molecule has 146 valence electrons. The van der Waals surface area contributed by atoms with Crippen LogP contribution < -0.4 is 14.8 Å². The molecule has 3 aromatic rings. The number of benzene rings is 3. The molecule has 0 saturated heterocycles. The van der Waals surface area contributed by atoms with Crippen molar-refractivity contribution in [2.75, 3.05) is 12.1 Å². The highest BCUT2D eigenvalue weighted by Crippen LogP contribution is 2.51. The fourth-order valence-electron chi connectivity index (χ4n) is 3.88. The maximum atomic E-state index is 13.7. The molecule has 5 heteroatoms. The molecule has 0 atom stereocenters. The summed E-state index contributed by atoms with van der Waals surface area (Å²) in [5.74, 6) is 1.08. The Hall–Kier alpha value is -3.34. The number of carbonyl (C=O) groups excluding carboxylic acids is 1. The Morgan fingerprint density at radius 3 is 2.62 bits per heavy atom. The number of hydrogen-bond donors (Lipinski definition) is 1. The van der Waals surface area contributed by atoms with E-state index in [4.69, 9.17) is 9.47 Å². The SMILES string of the molecule is Cc1ccc(NC(=O)C2(c3ccc4c(c3)OCO4)CC2)cc1-c1cccc(F)c1. The Morgan fingerprint density at radius 2 is 1.83 bits per heavy atom. The van der Waals surface area contributed by atoms with Crippen LogP contribution in [0, 0.1) is 12.7 Å². The highest BCUT2D eigenvalue weighted by Gasteiger charge is 2.51. The Labute approximate surface area is 168 Å². The maximum Gasteiger partial charge on any atom is 0.235 e. The summed E-state index contributed by atoms with van der Waals surface area (Å²) < 4.78 is 24.5. The lowest BCUT2D eigenvalue weighted by Gasteiger charge is -2.17. The Kier molecular flexibility index (Phi) is 4.05. The van der Waals surface area contributed by atoms with Crippen molar-refractivity contribution in [2.24, 2.45) is 0 Å². The van der Waals surface area contributed by atoms with E-state index in [1.165, 1.54) is 12.1 Å². The van der Waals surface area contributed by atoms with Gasteiger partial charge in [0.1, 0.15) is 5.82 Å². The van der Waals surface area contributed by atoms with Crippen LogP contribution in [0.25, 0.3) is 11.1 Å². The van der Waals surface area contributed by atoms with Crippen molar-refractivity contribution in [1.29, 1.82) is 0 Å². The van der Waals surface area contributed by atoms with Gasteiger partial charge in [-0.2, -0.15) is 0 Å². The van der Waals surface area contributed by atoms with E-state index >= 15 is 0 Å². The Balaban J connectivity index is 1.42. The van der Waals surface area contributed by atoms with Gasteiger partial charge < -0.3 is 14.8 Å². The van der Waals surface area contributed by atoms with Gasteiger partial charge in [-0.25, -0.2) is 4.39 Å². The molecule has 0 unspecified atom stereocenters. The second-order valence-corrected chi connectivity index (χ2v) is 7.64. The van der Waals surface area contributed by atoms with Crippen molar-refractivity contribution in [3.05, 3.63) is 77.6 Å². The molecule has 4 nitrogen and oxygen atoms in total. The highest BCUT2D eigenvalue weighted by atomic mass is 19.1. The minimum atomic E-state index is -0.537. The van der Waals surface area contributed by atoms with Crippen LogP contribution in [-0.2, 0) is 10.2 Å². The van der Waals surface area contributed by atoms with E-state index in [-0.39, 0.29) is 18.5 Å². The van der Waals surface area contributed by atoms with Gasteiger partial charge >= 0.3 is 0 Å². The summed E-state index contributed by atoms with van der Waals surface area (Å²) in [4.78, 5) is 13.1. The van der Waals surface area contributed by atoms with E-state index in [1.807, 2.05) is 49.4 Å². The zero-order valence-corrected chi connectivity index (χ0v) is 16.0. The van der Waals surface area contributed by atoms with Gasteiger partial charge in [0, 0.05) is 5.69 Å². The zero-order chi connectivity index (χ0) is 20.0. The number of fused-ring (bicyclic) bond motifs is 1. The zero-order valence-electron chi connectivity index (χ0n) is 16.0. The van der Waals surface area contributed by atoms with Crippen molar-refractivity contribution >= 4 is 11.6 Å². The first-order chi connectivity index (χ1) is 14.0. The molecule has 5 rings (SSSR count). The van der Waals surface area contributed by atoms with Gasteiger partial charge in [-0.05, 0) is 78.4 Å². The molecule has 0 bridgehead atoms. The summed E-state index contributed by atoms with van der Waals surface area (Å²) in [6.07, 6.45) is 1.59. The van der Waals surface area contributed by atoms with Crippen LogP contribution in [0.5, 0.6) is 11.5 Å². The number of carbonyl (C=O) groups is 1. The number of aryl methyl sites for hydroxylation is 1. The van der Waals surface area contributed by atoms with Crippen LogP contribution in [0.15, 0.2) is 60.7 Å². The third-order valence-electron chi connectivity index (χ3n) is 5.74. The van der Waals surface area contributed by atoms with Gasteiger partial charge in [-0.15, -0.1) is 0 Å². The molecule has 3 aromatic carbocycles. The number of amides is 1. The normalized spacial score (nSPS) is 15.8. The lowest BCUT2D eigenvalue weighted by Crippen LogP contribution is -2.27. The van der Waals surface area contributed by atoms with E-state index in [2.05, 4.69) is 5.32 Å². The summed E-state index contributed by atoms with van der Waals surface area (Å²) in [6.45, 7) is 2.19. The fraction of sp³-hybridized carbons (Fsp3) is 0.208. The molecule has 0 spiro atoms. The average Bonchev–Trinajstić information content (AvgIpc) is 3.40. The van der Waals surface area contributed by atoms with Crippen LogP contribution in [0.3, 0.4) is 0 Å². The molecule has 1 saturated carbocycles. The van der Waals surface area contributed by atoms with Crippen LogP contribution in [-0.4, -0.2) is 12.7 Å². The number of halogens is 1. The second-order valence-electron chi connectivity index (χ2n) is 7.64. The van der Waals surface area contributed by atoms with Crippen molar-refractivity contribution in [2.45, 2.75) is 25.2 Å². The number of nitrogens with one attached hydrogen (secondary N) is 1. The molecule has 29 heavy (non-hydrogen) atoms. The first-order valence-corrected chi connectivity index (χ1v) is 9.63. The molecule has 2 aliphatic rings. The standard InChI is InChI=1S/C24H20FNO3/c1-15-5-7-19(13-20(15)16-3-2-4-18(25)11-16)26-23(27)24(9-10-24)17-6-8-21-22(12-17)29-14-28-21/h2-8,11-13H,9-10,14H2,1H3,(H,26,27). The third kappa shape index (κ3) is 3.12. The average molecular weight is 389 g/mol. The Morgan fingerprint density at radius 1 is 1.00 bits per heavy atom. The molecule has 1 heterocycles. The number of hydrogen-bond acceptors (Lipinski definition) is 3. The molecule has 0 radical (unpaired) electrons. The summed E-state index contributed by atoms with van der Waals surface area (Å²) in [5.41, 5.74) is 3.81. The number of anilines is 1. The van der Waals surface area contributed by atoms with E-state index in [0.29, 0.717) is 17.2 Å². The third-order valence-corrected chi connectivity index (χ3v) is 5.74. The van der Waals surface area contributed by atoms with Crippen molar-refractivity contribution in [3.8, 4) is 22.6 Å². The molecule has 1 aliphatic carbocycles. The molecule has 1 N–H and O–H groups in total. The van der Waals surface area contributed by atoms with Crippen LogP contribution >= 0.6 is 0 Å². The number of rotatable bonds is 4. The summed E-state index contributed by atoms with van der Waals surface area (Å²) in [6, 6.07) is 17.9. The van der Waals surface area contributed by atoms with E-state index in [1.54, 1.807) is 6.07 Å². The van der Waals surface area contributed by atoms with Gasteiger partial charge in [-0.3, -0.25) is 4.79 Å². The topological polar surface area (TPSA) is 47.6 Å². The summed E-state index contributed by atoms with van der Waals surface area (Å²) in [7, 11) is 0. The molecular formula is C24H20FNO3. The smallest absolute Gasteiger partial charge is 0.235 e. The van der Waals surface area contributed by atoms with Gasteiger partial charge in [0.15, 0.2) is 11.5 Å². The number of ether oxygens (including phenoxy) is 2. The minimum absolute atomic E-state index is 0.0367. The first kappa shape index (κ1) is 17.7.